The highest BCUT2D eigenvalue weighted by Crippen LogP contribution is 2.55. The molecule has 0 N–H and O–H groups in total. The van der Waals surface area contributed by atoms with Gasteiger partial charge in [0, 0.05) is 5.56 Å². The van der Waals surface area contributed by atoms with Crippen LogP contribution in [-0.4, -0.2) is 23.5 Å². The van der Waals surface area contributed by atoms with Crippen molar-refractivity contribution in [2.24, 2.45) is 11.3 Å². The van der Waals surface area contributed by atoms with Gasteiger partial charge in [0.2, 0.25) is 0 Å². The van der Waals surface area contributed by atoms with Crippen LogP contribution in [0.25, 0.3) is 0 Å². The molecule has 0 amide bonds. The van der Waals surface area contributed by atoms with Crippen LogP contribution in [0.4, 0.5) is 0 Å². The predicted molar refractivity (Wildman–Crippen MR) is 108 cm³/mol. The minimum atomic E-state index is -1.38. The lowest BCUT2D eigenvalue weighted by atomic mass is 9.67. The summed E-state index contributed by atoms with van der Waals surface area (Å²) in [7, 11) is -0.353. The van der Waals surface area contributed by atoms with Crippen molar-refractivity contribution >= 4 is 20.2 Å². The Kier molecular flexibility index (Phi) is 6.63. The second-order valence-corrected chi connectivity index (χ2v) is 9.62. The SMILES string of the molecule is Cc1cc(C)c(C(=O)C2(C(C)(P=O)C(=O)OCC(C)C)CCCC2)c(C)c1. The van der Waals surface area contributed by atoms with Gasteiger partial charge in [-0.2, -0.15) is 0 Å². The highest BCUT2D eigenvalue weighted by atomic mass is 31.1. The summed E-state index contributed by atoms with van der Waals surface area (Å²) < 4.78 is 17.8. The molecule has 1 aliphatic rings. The molecule has 4 nitrogen and oxygen atoms in total. The number of rotatable bonds is 7. The van der Waals surface area contributed by atoms with Gasteiger partial charge in [-0.05, 0) is 57.6 Å². The van der Waals surface area contributed by atoms with Crippen molar-refractivity contribution in [3.63, 3.8) is 0 Å². The minimum Gasteiger partial charge on any atom is -0.464 e. The van der Waals surface area contributed by atoms with E-state index in [1.54, 1.807) is 6.92 Å². The van der Waals surface area contributed by atoms with Crippen molar-refractivity contribution in [1.29, 1.82) is 0 Å². The quantitative estimate of drug-likeness (QED) is 0.345. The number of esters is 1. The Balaban J connectivity index is 2.55. The molecule has 1 unspecified atom stereocenters. The van der Waals surface area contributed by atoms with Crippen LogP contribution < -0.4 is 0 Å². The van der Waals surface area contributed by atoms with Crippen LogP contribution in [0.5, 0.6) is 0 Å². The highest BCUT2D eigenvalue weighted by Gasteiger charge is 2.61. The van der Waals surface area contributed by atoms with E-state index in [0.717, 1.165) is 29.5 Å². The molecule has 0 radical (unpaired) electrons. The molecule has 0 bridgehead atoms. The zero-order valence-electron chi connectivity index (χ0n) is 17.3. The second-order valence-electron chi connectivity index (χ2n) is 8.55. The van der Waals surface area contributed by atoms with Gasteiger partial charge in [-0.3, -0.25) is 14.2 Å². The molecule has 0 spiro atoms. The molecule has 1 aliphatic carbocycles. The zero-order valence-corrected chi connectivity index (χ0v) is 18.2. The number of hydrogen-bond donors (Lipinski definition) is 0. The molecule has 1 aromatic carbocycles. The van der Waals surface area contributed by atoms with E-state index in [9.17, 15) is 14.2 Å². The van der Waals surface area contributed by atoms with Crippen molar-refractivity contribution in [3.05, 3.63) is 34.4 Å². The smallest absolute Gasteiger partial charge is 0.324 e. The van der Waals surface area contributed by atoms with Gasteiger partial charge in [-0.1, -0.05) is 44.4 Å². The normalized spacial score (nSPS) is 18.5. The van der Waals surface area contributed by atoms with Gasteiger partial charge in [0.1, 0.15) is 0 Å². The number of ketones is 1. The predicted octanol–water partition coefficient (Wildman–Crippen LogP) is 5.60. The molecule has 0 aromatic heterocycles. The lowest BCUT2D eigenvalue weighted by molar-refractivity contribution is -0.150. The maximum atomic E-state index is 13.8. The van der Waals surface area contributed by atoms with Crippen molar-refractivity contribution in [2.45, 2.75) is 72.4 Å². The summed E-state index contributed by atoms with van der Waals surface area (Å²) in [6.07, 6.45) is 2.80. The zero-order chi connectivity index (χ0) is 20.4. The first-order valence-electron chi connectivity index (χ1n) is 9.73. The number of aryl methyl sites for hydroxylation is 3. The van der Waals surface area contributed by atoms with E-state index in [0.29, 0.717) is 18.4 Å². The topological polar surface area (TPSA) is 60.4 Å². The van der Waals surface area contributed by atoms with E-state index in [2.05, 4.69) is 0 Å². The highest BCUT2D eigenvalue weighted by molar-refractivity contribution is 7.28. The Morgan fingerprint density at radius 1 is 1.15 bits per heavy atom. The standard InChI is InChI=1S/C22H31O4P/c1-14(2)13-26-20(24)21(6,27-25)22(9-7-8-10-22)19(23)18-16(4)11-15(3)12-17(18)5/h11-12,14H,7-10,13H2,1-6H3. The van der Waals surface area contributed by atoms with E-state index < -0.39 is 16.5 Å². The summed E-state index contributed by atoms with van der Waals surface area (Å²) in [5.74, 6) is -0.425. The number of carbonyl (C=O) groups is 2. The van der Waals surface area contributed by atoms with Crippen LogP contribution in [-0.2, 0) is 14.1 Å². The second kappa shape index (κ2) is 8.22. The van der Waals surface area contributed by atoms with Crippen molar-refractivity contribution in [3.8, 4) is 0 Å². The number of ether oxygens (including phenoxy) is 1. The van der Waals surface area contributed by atoms with Gasteiger partial charge < -0.3 is 4.74 Å². The van der Waals surface area contributed by atoms with Crippen LogP contribution in [0.15, 0.2) is 12.1 Å². The molecular formula is C22H31O4P. The van der Waals surface area contributed by atoms with Gasteiger partial charge in [0.15, 0.2) is 19.4 Å². The summed E-state index contributed by atoms with van der Waals surface area (Å²) in [4.78, 5) is 26.8. The molecule has 0 heterocycles. The lowest BCUT2D eigenvalue weighted by Crippen LogP contribution is -2.52. The van der Waals surface area contributed by atoms with E-state index >= 15 is 0 Å². The van der Waals surface area contributed by atoms with Crippen LogP contribution in [0, 0.1) is 32.1 Å². The van der Waals surface area contributed by atoms with E-state index in [4.69, 9.17) is 4.74 Å². The molecule has 1 fully saturated rings. The Hall–Kier alpha value is -1.54. The Morgan fingerprint density at radius 2 is 1.67 bits per heavy atom. The summed E-state index contributed by atoms with van der Waals surface area (Å²) in [5, 5.41) is -1.38. The van der Waals surface area contributed by atoms with Crippen molar-refractivity contribution in [2.75, 3.05) is 6.61 Å². The summed E-state index contributed by atoms with van der Waals surface area (Å²) in [6.45, 7) is 11.7. The van der Waals surface area contributed by atoms with Crippen LogP contribution >= 0.6 is 8.46 Å². The summed E-state index contributed by atoms with van der Waals surface area (Å²) in [5.41, 5.74) is 2.58. The number of benzene rings is 1. The molecule has 148 valence electrons. The van der Waals surface area contributed by atoms with Gasteiger partial charge in [0.05, 0.1) is 12.0 Å². The first-order valence-corrected chi connectivity index (χ1v) is 10.5. The van der Waals surface area contributed by atoms with E-state index in [1.807, 2.05) is 46.8 Å². The Labute approximate surface area is 164 Å². The average Bonchev–Trinajstić information content (AvgIpc) is 3.09. The molecule has 0 saturated heterocycles. The summed E-state index contributed by atoms with van der Waals surface area (Å²) in [6, 6.07) is 3.98. The molecule has 1 aromatic rings. The summed E-state index contributed by atoms with van der Waals surface area (Å²) >= 11 is 0. The third-order valence-electron chi connectivity index (χ3n) is 5.86. The van der Waals surface area contributed by atoms with Gasteiger partial charge in [-0.25, -0.2) is 0 Å². The molecule has 1 saturated carbocycles. The molecule has 0 aliphatic heterocycles. The van der Waals surface area contributed by atoms with Gasteiger partial charge in [0.25, 0.3) is 0 Å². The van der Waals surface area contributed by atoms with Crippen LogP contribution in [0.1, 0.15) is 73.5 Å². The van der Waals surface area contributed by atoms with E-state index in [-0.39, 0.29) is 26.8 Å². The molecule has 5 heteroatoms. The maximum Gasteiger partial charge on any atom is 0.324 e. The molecule has 27 heavy (non-hydrogen) atoms. The monoisotopic (exact) mass is 390 g/mol. The van der Waals surface area contributed by atoms with Crippen molar-refractivity contribution in [1.82, 2.24) is 0 Å². The average molecular weight is 390 g/mol. The lowest BCUT2D eigenvalue weighted by Gasteiger charge is -2.39. The number of hydrogen-bond acceptors (Lipinski definition) is 4. The van der Waals surface area contributed by atoms with Gasteiger partial charge >= 0.3 is 5.97 Å². The Morgan fingerprint density at radius 3 is 2.11 bits per heavy atom. The largest absolute Gasteiger partial charge is 0.464 e. The molecular weight excluding hydrogens is 359 g/mol. The molecule has 1 atom stereocenters. The first kappa shape index (κ1) is 21.8. The number of carbonyl (C=O) groups excluding carboxylic acids is 2. The fourth-order valence-corrected chi connectivity index (χ4v) is 5.03. The minimum absolute atomic E-state index is 0.0673. The first-order chi connectivity index (χ1) is 12.6. The third kappa shape index (κ3) is 3.87. The van der Waals surface area contributed by atoms with Crippen LogP contribution in [0.2, 0.25) is 0 Å². The fraction of sp³-hybridized carbons (Fsp3) is 0.636. The molecule has 2 rings (SSSR count). The maximum absolute atomic E-state index is 13.8. The van der Waals surface area contributed by atoms with Crippen LogP contribution in [0.3, 0.4) is 0 Å². The van der Waals surface area contributed by atoms with Gasteiger partial charge in [-0.15, -0.1) is 0 Å². The van der Waals surface area contributed by atoms with E-state index in [1.165, 1.54) is 0 Å². The third-order valence-corrected chi connectivity index (χ3v) is 6.83. The Bertz CT molecular complexity index is 724. The number of Topliss-reactive ketones (excluding diaryl/α,β-unsaturated/α-hetero) is 1. The van der Waals surface area contributed by atoms with Crippen molar-refractivity contribution < 1.29 is 18.9 Å². The fourth-order valence-electron chi connectivity index (χ4n) is 4.39.